The van der Waals surface area contributed by atoms with Crippen LogP contribution in [0.5, 0.6) is 0 Å². The number of piperidine rings is 1. The minimum atomic E-state index is 0.118. The van der Waals surface area contributed by atoms with Crippen LogP contribution < -0.4 is 10.2 Å². The topological polar surface area (TPSA) is 84.2 Å². The van der Waals surface area contributed by atoms with Crippen molar-refractivity contribution in [2.45, 2.75) is 32.1 Å². The number of oxazole rings is 1. The number of fused-ring (bicyclic) bond motifs is 1. The number of hydrogen-bond acceptors (Lipinski definition) is 6. The average Bonchev–Trinajstić information content (AvgIpc) is 3.17. The van der Waals surface area contributed by atoms with Crippen LogP contribution in [-0.4, -0.2) is 40.5 Å². The molecule has 0 radical (unpaired) electrons. The third-order valence-corrected chi connectivity index (χ3v) is 5.08. The maximum absolute atomic E-state index is 12.3. The van der Waals surface area contributed by atoms with Gasteiger partial charge in [-0.1, -0.05) is 6.07 Å². The first-order valence-electron chi connectivity index (χ1n) is 9.91. The Morgan fingerprint density at radius 2 is 2.14 bits per heavy atom. The second kappa shape index (κ2) is 8.82. The van der Waals surface area contributed by atoms with E-state index in [1.165, 1.54) is 0 Å². The molecule has 1 fully saturated rings. The number of nitrogens with one attached hydrogen (secondary N) is 1. The lowest BCUT2D eigenvalue weighted by atomic mass is 9.94. The standard InChI is InChI=1S/C21H25N5O2/c27-19(23-11-3-8-17-7-1-2-10-22-17)14-16-6-5-13-26(15-16)21-25-20-18(28-21)9-4-12-24-20/h1-2,4,7,9-10,12,16H,3,5-6,8,11,13-15H2,(H,23,27). The highest BCUT2D eigenvalue weighted by Crippen LogP contribution is 2.26. The van der Waals surface area contributed by atoms with Gasteiger partial charge in [0.15, 0.2) is 5.58 Å². The molecule has 4 heterocycles. The lowest BCUT2D eigenvalue weighted by molar-refractivity contribution is -0.122. The van der Waals surface area contributed by atoms with Crippen LogP contribution in [0.25, 0.3) is 11.2 Å². The summed E-state index contributed by atoms with van der Waals surface area (Å²) in [6, 6.07) is 10.2. The number of anilines is 1. The van der Waals surface area contributed by atoms with Gasteiger partial charge in [-0.05, 0) is 55.9 Å². The van der Waals surface area contributed by atoms with E-state index >= 15 is 0 Å². The molecule has 0 aliphatic carbocycles. The van der Waals surface area contributed by atoms with E-state index in [0.717, 1.165) is 44.5 Å². The molecule has 0 spiro atoms. The number of aryl methyl sites for hydroxylation is 1. The van der Waals surface area contributed by atoms with Crippen molar-refractivity contribution in [1.29, 1.82) is 0 Å². The summed E-state index contributed by atoms with van der Waals surface area (Å²) in [6.45, 7) is 2.37. The predicted molar refractivity (Wildman–Crippen MR) is 107 cm³/mol. The molecule has 1 atom stereocenters. The highest BCUT2D eigenvalue weighted by molar-refractivity contribution is 5.76. The zero-order chi connectivity index (χ0) is 19.2. The van der Waals surface area contributed by atoms with Gasteiger partial charge in [-0.15, -0.1) is 0 Å². The Bertz CT molecular complexity index is 878. The number of hydrogen-bond donors (Lipinski definition) is 1. The van der Waals surface area contributed by atoms with Gasteiger partial charge in [0.25, 0.3) is 6.01 Å². The van der Waals surface area contributed by atoms with Crippen LogP contribution in [0.3, 0.4) is 0 Å². The number of amides is 1. The summed E-state index contributed by atoms with van der Waals surface area (Å²) in [7, 11) is 0. The maximum atomic E-state index is 12.3. The SMILES string of the molecule is O=C(CC1CCCN(c2nc3ncccc3o2)C1)NCCCc1ccccn1. The molecule has 28 heavy (non-hydrogen) atoms. The molecule has 1 aliphatic heterocycles. The molecule has 1 unspecified atom stereocenters. The molecule has 1 amide bonds. The van der Waals surface area contributed by atoms with Gasteiger partial charge in [0, 0.05) is 44.1 Å². The highest BCUT2D eigenvalue weighted by Gasteiger charge is 2.25. The van der Waals surface area contributed by atoms with Gasteiger partial charge in [-0.3, -0.25) is 9.78 Å². The molecule has 1 N–H and O–H groups in total. The third-order valence-electron chi connectivity index (χ3n) is 5.08. The van der Waals surface area contributed by atoms with E-state index in [4.69, 9.17) is 4.42 Å². The summed E-state index contributed by atoms with van der Waals surface area (Å²) in [4.78, 5) is 27.5. The van der Waals surface area contributed by atoms with E-state index in [1.54, 1.807) is 12.4 Å². The first kappa shape index (κ1) is 18.4. The van der Waals surface area contributed by atoms with Gasteiger partial charge in [-0.2, -0.15) is 4.98 Å². The summed E-state index contributed by atoms with van der Waals surface area (Å²) in [6.07, 6.45) is 7.92. The largest absolute Gasteiger partial charge is 0.422 e. The van der Waals surface area contributed by atoms with Gasteiger partial charge in [-0.25, -0.2) is 4.98 Å². The van der Waals surface area contributed by atoms with Gasteiger partial charge in [0.1, 0.15) is 0 Å². The Labute approximate surface area is 164 Å². The van der Waals surface area contributed by atoms with E-state index in [0.29, 0.717) is 36.1 Å². The molecule has 7 heteroatoms. The van der Waals surface area contributed by atoms with Gasteiger partial charge in [0.2, 0.25) is 11.6 Å². The minimum absolute atomic E-state index is 0.118. The predicted octanol–water partition coefficient (Wildman–Crippen LogP) is 2.97. The van der Waals surface area contributed by atoms with Crippen molar-refractivity contribution in [1.82, 2.24) is 20.3 Å². The molecule has 1 aliphatic rings. The first-order chi connectivity index (χ1) is 13.8. The smallest absolute Gasteiger partial charge is 0.299 e. The summed E-state index contributed by atoms with van der Waals surface area (Å²) >= 11 is 0. The Kier molecular flexibility index (Phi) is 5.80. The van der Waals surface area contributed by atoms with Crippen molar-refractivity contribution in [2.75, 3.05) is 24.5 Å². The van der Waals surface area contributed by atoms with E-state index < -0.39 is 0 Å². The van der Waals surface area contributed by atoms with Crippen LogP contribution in [0.1, 0.15) is 31.4 Å². The van der Waals surface area contributed by atoms with Gasteiger partial charge >= 0.3 is 0 Å². The van der Waals surface area contributed by atoms with Crippen LogP contribution in [0.15, 0.2) is 47.1 Å². The zero-order valence-electron chi connectivity index (χ0n) is 15.9. The Morgan fingerprint density at radius 1 is 1.21 bits per heavy atom. The van der Waals surface area contributed by atoms with Crippen molar-refractivity contribution in [3.05, 3.63) is 48.4 Å². The monoisotopic (exact) mass is 379 g/mol. The van der Waals surface area contributed by atoms with Gasteiger partial charge < -0.3 is 14.6 Å². The lowest BCUT2D eigenvalue weighted by Gasteiger charge is -2.31. The molecule has 1 saturated heterocycles. The van der Waals surface area contributed by atoms with Crippen LogP contribution >= 0.6 is 0 Å². The molecular weight excluding hydrogens is 354 g/mol. The fourth-order valence-corrected chi connectivity index (χ4v) is 3.68. The highest BCUT2D eigenvalue weighted by atomic mass is 16.4. The van der Waals surface area contributed by atoms with E-state index in [1.807, 2.05) is 30.3 Å². The number of aromatic nitrogens is 3. The second-order valence-electron chi connectivity index (χ2n) is 7.25. The Hall–Kier alpha value is -2.96. The summed E-state index contributed by atoms with van der Waals surface area (Å²) in [5.41, 5.74) is 2.39. The van der Waals surface area contributed by atoms with Crippen molar-refractivity contribution in [3.63, 3.8) is 0 Å². The quantitative estimate of drug-likeness (QED) is 0.636. The molecule has 0 aromatic carbocycles. The van der Waals surface area contributed by atoms with E-state index in [9.17, 15) is 4.79 Å². The number of carbonyl (C=O) groups excluding carboxylic acids is 1. The number of pyridine rings is 2. The first-order valence-corrected chi connectivity index (χ1v) is 9.91. The van der Waals surface area contributed by atoms with Crippen LogP contribution in [0, 0.1) is 5.92 Å². The normalized spacial score (nSPS) is 17.0. The van der Waals surface area contributed by atoms with Gasteiger partial charge in [0.05, 0.1) is 0 Å². The molecule has 146 valence electrons. The van der Waals surface area contributed by atoms with Crippen LogP contribution in [0.4, 0.5) is 6.01 Å². The molecule has 0 bridgehead atoms. The molecule has 4 rings (SSSR count). The fraction of sp³-hybridized carbons (Fsp3) is 0.429. The summed E-state index contributed by atoms with van der Waals surface area (Å²) in [5, 5.41) is 3.04. The summed E-state index contributed by atoms with van der Waals surface area (Å²) < 4.78 is 5.83. The van der Waals surface area contributed by atoms with Crippen LogP contribution in [-0.2, 0) is 11.2 Å². The maximum Gasteiger partial charge on any atom is 0.299 e. The molecule has 7 nitrogen and oxygen atoms in total. The lowest BCUT2D eigenvalue weighted by Crippen LogP contribution is -2.38. The van der Waals surface area contributed by atoms with Crippen molar-refractivity contribution < 1.29 is 9.21 Å². The van der Waals surface area contributed by atoms with Crippen LogP contribution in [0.2, 0.25) is 0 Å². The molecule has 3 aromatic heterocycles. The Balaban J connectivity index is 1.23. The number of carbonyl (C=O) groups is 1. The fourth-order valence-electron chi connectivity index (χ4n) is 3.68. The number of nitrogens with zero attached hydrogens (tertiary/aromatic N) is 4. The molecule has 0 saturated carbocycles. The number of rotatable bonds is 7. The van der Waals surface area contributed by atoms with Crippen molar-refractivity contribution >= 4 is 23.2 Å². The van der Waals surface area contributed by atoms with Crippen molar-refractivity contribution in [2.24, 2.45) is 5.92 Å². The average molecular weight is 379 g/mol. The molecule has 3 aromatic rings. The summed E-state index contributed by atoms with van der Waals surface area (Å²) in [5.74, 6) is 0.430. The third kappa shape index (κ3) is 4.65. The minimum Gasteiger partial charge on any atom is -0.422 e. The molecular formula is C21H25N5O2. The van der Waals surface area contributed by atoms with E-state index in [-0.39, 0.29) is 5.91 Å². The second-order valence-corrected chi connectivity index (χ2v) is 7.25. The Morgan fingerprint density at radius 3 is 3.00 bits per heavy atom. The van der Waals surface area contributed by atoms with E-state index in [2.05, 4.69) is 25.2 Å². The van der Waals surface area contributed by atoms with Crippen molar-refractivity contribution in [3.8, 4) is 0 Å². The zero-order valence-corrected chi connectivity index (χ0v) is 15.9.